The first-order valence-electron chi connectivity index (χ1n) is 9.34. The Kier molecular flexibility index (Phi) is 4.30. The minimum Gasteiger partial charge on any atom is -0.345 e. The molecule has 1 N–H and O–H groups in total. The van der Waals surface area contributed by atoms with Crippen molar-refractivity contribution in [2.24, 2.45) is 0 Å². The van der Waals surface area contributed by atoms with E-state index in [1.807, 2.05) is 30.3 Å². The highest BCUT2D eigenvalue weighted by molar-refractivity contribution is 5.94. The molecular weight excluding hydrogens is 336 g/mol. The zero-order valence-corrected chi connectivity index (χ0v) is 16.0. The second kappa shape index (κ2) is 6.65. The number of para-hydroxylation sites is 1. The van der Waals surface area contributed by atoms with Crippen LogP contribution in [0.4, 0.5) is 0 Å². The molecule has 0 saturated heterocycles. The van der Waals surface area contributed by atoms with Crippen molar-refractivity contribution < 1.29 is 4.79 Å². The number of nitrogens with one attached hydrogen (secondary N) is 1. The summed E-state index contributed by atoms with van der Waals surface area (Å²) in [7, 11) is 0. The summed E-state index contributed by atoms with van der Waals surface area (Å²) in [5.41, 5.74) is 4.34. The summed E-state index contributed by atoms with van der Waals surface area (Å²) in [6.45, 7) is 6.83. The number of benzene rings is 2. The van der Waals surface area contributed by atoms with E-state index in [0.29, 0.717) is 12.1 Å². The van der Waals surface area contributed by atoms with Gasteiger partial charge in [0.25, 0.3) is 5.91 Å². The maximum atomic E-state index is 12.5. The van der Waals surface area contributed by atoms with E-state index in [-0.39, 0.29) is 11.3 Å². The third-order valence-corrected chi connectivity index (χ3v) is 5.07. The van der Waals surface area contributed by atoms with Gasteiger partial charge in [0, 0.05) is 12.0 Å². The van der Waals surface area contributed by atoms with E-state index in [4.69, 9.17) is 0 Å². The van der Waals surface area contributed by atoms with Crippen LogP contribution in [0.2, 0.25) is 0 Å². The molecule has 2 heterocycles. The van der Waals surface area contributed by atoms with Crippen LogP contribution in [0.1, 0.15) is 53.9 Å². The van der Waals surface area contributed by atoms with Crippen molar-refractivity contribution in [2.75, 3.05) is 0 Å². The van der Waals surface area contributed by atoms with Gasteiger partial charge >= 0.3 is 0 Å². The number of nitrogens with zero attached hydrogens (tertiary/aromatic N) is 3. The van der Waals surface area contributed by atoms with E-state index in [1.54, 1.807) is 0 Å². The molecule has 138 valence electrons. The monoisotopic (exact) mass is 360 g/mol. The smallest absolute Gasteiger partial charge is 0.251 e. The van der Waals surface area contributed by atoms with Gasteiger partial charge in [-0.05, 0) is 41.2 Å². The SMILES string of the molecule is CC(C)(C)c1ccc(C(=O)NCc2nnc3n2-c2ccccc2CC3)cc1. The minimum absolute atomic E-state index is 0.0724. The van der Waals surface area contributed by atoms with Gasteiger partial charge in [0.1, 0.15) is 5.82 Å². The topological polar surface area (TPSA) is 59.8 Å². The van der Waals surface area contributed by atoms with Gasteiger partial charge in [0.05, 0.1) is 12.2 Å². The molecule has 4 rings (SSSR count). The number of amides is 1. The van der Waals surface area contributed by atoms with Crippen molar-refractivity contribution in [1.82, 2.24) is 20.1 Å². The normalized spacial score (nSPS) is 13.0. The number of fused-ring (bicyclic) bond motifs is 3. The lowest BCUT2D eigenvalue weighted by Crippen LogP contribution is -2.25. The van der Waals surface area contributed by atoms with Crippen molar-refractivity contribution in [3.8, 4) is 5.69 Å². The molecule has 0 radical (unpaired) electrons. The Bertz CT molecular complexity index is 980. The van der Waals surface area contributed by atoms with Crippen LogP contribution in [0.15, 0.2) is 48.5 Å². The summed E-state index contributed by atoms with van der Waals surface area (Å²) >= 11 is 0. The molecule has 0 fully saturated rings. The van der Waals surface area contributed by atoms with E-state index in [0.717, 1.165) is 30.2 Å². The average Bonchev–Trinajstić information content (AvgIpc) is 3.09. The largest absolute Gasteiger partial charge is 0.345 e. The molecule has 0 atom stereocenters. The summed E-state index contributed by atoms with van der Waals surface area (Å²) in [6, 6.07) is 16.1. The van der Waals surface area contributed by atoms with E-state index in [9.17, 15) is 4.79 Å². The van der Waals surface area contributed by atoms with Crippen LogP contribution >= 0.6 is 0 Å². The highest BCUT2D eigenvalue weighted by Gasteiger charge is 2.21. The molecule has 27 heavy (non-hydrogen) atoms. The van der Waals surface area contributed by atoms with Gasteiger partial charge in [-0.25, -0.2) is 0 Å². The summed E-state index contributed by atoms with van der Waals surface area (Å²) in [6.07, 6.45) is 1.84. The predicted molar refractivity (Wildman–Crippen MR) is 105 cm³/mol. The molecule has 1 aliphatic rings. The fraction of sp³-hybridized carbons (Fsp3) is 0.318. The van der Waals surface area contributed by atoms with Gasteiger partial charge in [0.2, 0.25) is 0 Å². The van der Waals surface area contributed by atoms with Gasteiger partial charge in [-0.2, -0.15) is 0 Å². The maximum absolute atomic E-state index is 12.5. The fourth-order valence-corrected chi connectivity index (χ4v) is 3.48. The third kappa shape index (κ3) is 3.37. The molecule has 0 aliphatic carbocycles. The Balaban J connectivity index is 1.51. The molecule has 1 aliphatic heterocycles. The highest BCUT2D eigenvalue weighted by Crippen LogP contribution is 2.25. The number of aromatic nitrogens is 3. The molecule has 1 aromatic heterocycles. The van der Waals surface area contributed by atoms with Crippen molar-refractivity contribution in [3.63, 3.8) is 0 Å². The highest BCUT2D eigenvalue weighted by atomic mass is 16.1. The van der Waals surface area contributed by atoms with E-state index in [1.165, 1.54) is 11.1 Å². The Morgan fingerprint density at radius 1 is 1.04 bits per heavy atom. The molecule has 1 amide bonds. The summed E-state index contributed by atoms with van der Waals surface area (Å²) in [4.78, 5) is 12.5. The third-order valence-electron chi connectivity index (χ3n) is 5.07. The van der Waals surface area contributed by atoms with Gasteiger partial charge in [-0.1, -0.05) is 51.1 Å². The lowest BCUT2D eigenvalue weighted by Gasteiger charge is -2.19. The molecule has 0 spiro atoms. The van der Waals surface area contributed by atoms with Crippen LogP contribution < -0.4 is 5.32 Å². The minimum atomic E-state index is -0.100. The first-order valence-corrected chi connectivity index (χ1v) is 9.34. The first kappa shape index (κ1) is 17.5. The molecule has 2 aromatic carbocycles. The van der Waals surface area contributed by atoms with E-state index in [2.05, 4.69) is 59.1 Å². The van der Waals surface area contributed by atoms with Crippen molar-refractivity contribution in [2.45, 2.75) is 45.6 Å². The van der Waals surface area contributed by atoms with Gasteiger partial charge < -0.3 is 5.32 Å². The van der Waals surface area contributed by atoms with Crippen molar-refractivity contribution in [1.29, 1.82) is 0 Å². The lowest BCUT2D eigenvalue weighted by atomic mass is 9.87. The number of rotatable bonds is 3. The Labute approximate surface area is 159 Å². The zero-order valence-electron chi connectivity index (χ0n) is 16.0. The molecule has 0 unspecified atom stereocenters. The van der Waals surface area contributed by atoms with Crippen LogP contribution in [0.3, 0.4) is 0 Å². The fourth-order valence-electron chi connectivity index (χ4n) is 3.48. The number of carbonyl (C=O) groups is 1. The van der Waals surface area contributed by atoms with Crippen LogP contribution in [0.5, 0.6) is 0 Å². The standard InChI is InChI=1S/C22H24N4O/c1-22(2,3)17-11-8-16(9-12-17)21(27)23-14-20-25-24-19-13-10-15-6-4-5-7-18(15)26(19)20/h4-9,11-12H,10,13-14H2,1-3H3,(H,23,27). The van der Waals surface area contributed by atoms with Crippen LogP contribution in [-0.2, 0) is 24.8 Å². The Morgan fingerprint density at radius 2 is 1.78 bits per heavy atom. The quantitative estimate of drug-likeness (QED) is 0.776. The van der Waals surface area contributed by atoms with Crippen LogP contribution in [0, 0.1) is 0 Å². The van der Waals surface area contributed by atoms with E-state index < -0.39 is 0 Å². The van der Waals surface area contributed by atoms with Crippen molar-refractivity contribution in [3.05, 3.63) is 76.9 Å². The van der Waals surface area contributed by atoms with Crippen molar-refractivity contribution >= 4 is 5.91 Å². The molecule has 5 nitrogen and oxygen atoms in total. The number of hydrogen-bond acceptors (Lipinski definition) is 3. The summed E-state index contributed by atoms with van der Waals surface area (Å²) in [5, 5.41) is 11.6. The van der Waals surface area contributed by atoms with Crippen LogP contribution in [-0.4, -0.2) is 20.7 Å². The lowest BCUT2D eigenvalue weighted by molar-refractivity contribution is 0.0949. The first-order chi connectivity index (χ1) is 12.9. The van der Waals surface area contributed by atoms with Gasteiger partial charge in [-0.15, -0.1) is 10.2 Å². The number of hydrogen-bond donors (Lipinski definition) is 1. The van der Waals surface area contributed by atoms with Gasteiger partial charge in [0.15, 0.2) is 5.82 Å². The van der Waals surface area contributed by atoms with Gasteiger partial charge in [-0.3, -0.25) is 9.36 Å². The number of carbonyl (C=O) groups excluding carboxylic acids is 1. The Hall–Kier alpha value is -2.95. The number of aryl methyl sites for hydroxylation is 2. The second-order valence-corrected chi connectivity index (χ2v) is 8.01. The molecule has 5 heteroatoms. The van der Waals surface area contributed by atoms with E-state index >= 15 is 0 Å². The molecular formula is C22H24N4O. The second-order valence-electron chi connectivity index (χ2n) is 8.01. The van der Waals surface area contributed by atoms with Crippen LogP contribution in [0.25, 0.3) is 5.69 Å². The average molecular weight is 360 g/mol. The summed E-state index contributed by atoms with van der Waals surface area (Å²) < 4.78 is 2.07. The Morgan fingerprint density at radius 3 is 2.52 bits per heavy atom. The molecule has 0 saturated carbocycles. The maximum Gasteiger partial charge on any atom is 0.251 e. The summed E-state index contributed by atoms with van der Waals surface area (Å²) in [5.74, 6) is 1.61. The molecule has 3 aromatic rings. The molecule has 0 bridgehead atoms. The zero-order chi connectivity index (χ0) is 19.0. The predicted octanol–water partition coefficient (Wildman–Crippen LogP) is 3.59.